The van der Waals surface area contributed by atoms with Crippen LogP contribution < -0.4 is 5.32 Å². The number of nitrogens with zero attached hydrogens (tertiary/aromatic N) is 1. The van der Waals surface area contributed by atoms with E-state index in [0.717, 1.165) is 0 Å². The molecule has 16 heavy (non-hydrogen) atoms. The van der Waals surface area contributed by atoms with E-state index in [1.54, 1.807) is 4.90 Å². The molecule has 96 valence electrons. The molecule has 1 unspecified atom stereocenters. The molecule has 1 saturated heterocycles. The Labute approximate surface area is 96.1 Å². The quantitative estimate of drug-likeness (QED) is 0.797. The Morgan fingerprint density at radius 2 is 2.12 bits per heavy atom. The molecule has 1 aliphatic heterocycles. The van der Waals surface area contributed by atoms with Gasteiger partial charge in [0.1, 0.15) is 0 Å². The SMILES string of the molecule is CC(C)(C)NCC1CN(CC(F)F)CCO1. The molecule has 1 aliphatic rings. The summed E-state index contributed by atoms with van der Waals surface area (Å²) in [6, 6.07) is 0. The van der Waals surface area contributed by atoms with Crippen LogP contribution >= 0.6 is 0 Å². The maximum Gasteiger partial charge on any atom is 0.251 e. The van der Waals surface area contributed by atoms with E-state index in [1.165, 1.54) is 0 Å². The van der Waals surface area contributed by atoms with Gasteiger partial charge in [0.15, 0.2) is 0 Å². The summed E-state index contributed by atoms with van der Waals surface area (Å²) in [7, 11) is 0. The van der Waals surface area contributed by atoms with E-state index < -0.39 is 6.43 Å². The maximum absolute atomic E-state index is 12.2. The predicted octanol–water partition coefficient (Wildman–Crippen LogP) is 1.34. The lowest BCUT2D eigenvalue weighted by Gasteiger charge is -2.34. The van der Waals surface area contributed by atoms with Gasteiger partial charge in [0.25, 0.3) is 6.43 Å². The first-order valence-corrected chi connectivity index (χ1v) is 5.74. The molecule has 0 aromatic heterocycles. The van der Waals surface area contributed by atoms with Crippen molar-refractivity contribution in [2.24, 2.45) is 0 Å². The van der Waals surface area contributed by atoms with Crippen molar-refractivity contribution in [3.8, 4) is 0 Å². The summed E-state index contributed by atoms with van der Waals surface area (Å²) >= 11 is 0. The third-order valence-corrected chi connectivity index (χ3v) is 2.48. The van der Waals surface area contributed by atoms with E-state index in [9.17, 15) is 8.78 Å². The standard InChI is InChI=1S/C11H22F2N2O/c1-11(2,3)14-6-9-7-15(4-5-16-9)8-10(12)13/h9-10,14H,4-8H2,1-3H3. The highest BCUT2D eigenvalue weighted by atomic mass is 19.3. The number of hydrogen-bond acceptors (Lipinski definition) is 3. The topological polar surface area (TPSA) is 24.5 Å². The van der Waals surface area contributed by atoms with Crippen LogP contribution in [-0.2, 0) is 4.74 Å². The van der Waals surface area contributed by atoms with Crippen molar-refractivity contribution >= 4 is 0 Å². The highest BCUT2D eigenvalue weighted by Crippen LogP contribution is 2.08. The van der Waals surface area contributed by atoms with Crippen LogP contribution in [-0.4, -0.2) is 55.8 Å². The first kappa shape index (κ1) is 13.8. The van der Waals surface area contributed by atoms with Crippen LogP contribution in [0.5, 0.6) is 0 Å². The van der Waals surface area contributed by atoms with Crippen molar-refractivity contribution in [2.45, 2.75) is 38.8 Å². The fourth-order valence-electron chi connectivity index (χ4n) is 1.68. The number of hydrogen-bond donors (Lipinski definition) is 1. The second kappa shape index (κ2) is 5.89. The molecule has 0 aliphatic carbocycles. The minimum absolute atomic E-state index is 0.0201. The van der Waals surface area contributed by atoms with E-state index in [2.05, 4.69) is 26.1 Å². The van der Waals surface area contributed by atoms with E-state index in [0.29, 0.717) is 26.2 Å². The maximum atomic E-state index is 12.2. The first-order valence-electron chi connectivity index (χ1n) is 5.74. The Hall–Kier alpha value is -0.260. The fraction of sp³-hybridized carbons (Fsp3) is 1.00. The molecule has 0 spiro atoms. The van der Waals surface area contributed by atoms with Gasteiger partial charge in [0.05, 0.1) is 19.3 Å². The van der Waals surface area contributed by atoms with Crippen LogP contribution in [0.25, 0.3) is 0 Å². The number of morpholine rings is 1. The summed E-state index contributed by atoms with van der Waals surface area (Å²) in [6.07, 6.45) is -2.24. The average Bonchev–Trinajstić information content (AvgIpc) is 2.13. The Bertz CT molecular complexity index is 207. The van der Waals surface area contributed by atoms with Crippen LogP contribution in [0.2, 0.25) is 0 Å². The van der Waals surface area contributed by atoms with Gasteiger partial charge >= 0.3 is 0 Å². The van der Waals surface area contributed by atoms with Crippen molar-refractivity contribution < 1.29 is 13.5 Å². The molecule has 1 fully saturated rings. The molecule has 0 aromatic rings. The summed E-state index contributed by atoms with van der Waals surface area (Å²) in [4.78, 5) is 1.77. The average molecular weight is 236 g/mol. The molecule has 0 saturated carbocycles. The van der Waals surface area contributed by atoms with Gasteiger partial charge in [-0.25, -0.2) is 8.78 Å². The molecule has 1 N–H and O–H groups in total. The highest BCUT2D eigenvalue weighted by Gasteiger charge is 2.23. The van der Waals surface area contributed by atoms with Gasteiger partial charge in [-0.1, -0.05) is 0 Å². The Balaban J connectivity index is 2.27. The third-order valence-electron chi connectivity index (χ3n) is 2.48. The number of rotatable bonds is 4. The molecule has 1 rings (SSSR count). The lowest BCUT2D eigenvalue weighted by Crippen LogP contribution is -2.50. The smallest absolute Gasteiger partial charge is 0.251 e. The van der Waals surface area contributed by atoms with Gasteiger partial charge in [-0.15, -0.1) is 0 Å². The van der Waals surface area contributed by atoms with Crippen LogP contribution in [0.4, 0.5) is 8.78 Å². The minimum Gasteiger partial charge on any atom is -0.374 e. The molecule has 3 nitrogen and oxygen atoms in total. The molecule has 0 radical (unpaired) electrons. The van der Waals surface area contributed by atoms with Crippen molar-refractivity contribution in [2.75, 3.05) is 32.8 Å². The van der Waals surface area contributed by atoms with Gasteiger partial charge in [0, 0.05) is 25.2 Å². The van der Waals surface area contributed by atoms with Crippen molar-refractivity contribution in [1.82, 2.24) is 10.2 Å². The van der Waals surface area contributed by atoms with Crippen molar-refractivity contribution in [1.29, 1.82) is 0 Å². The molecule has 0 amide bonds. The van der Waals surface area contributed by atoms with Crippen LogP contribution in [0.1, 0.15) is 20.8 Å². The number of halogens is 2. The summed E-state index contributed by atoms with van der Waals surface area (Å²) in [5.74, 6) is 0. The van der Waals surface area contributed by atoms with Gasteiger partial charge in [-0.2, -0.15) is 0 Å². The second-order valence-electron chi connectivity index (χ2n) is 5.27. The molecule has 5 heteroatoms. The monoisotopic (exact) mass is 236 g/mol. The Kier molecular flexibility index (Phi) is 5.08. The first-order chi connectivity index (χ1) is 7.37. The van der Waals surface area contributed by atoms with Crippen LogP contribution in [0.15, 0.2) is 0 Å². The fourth-order valence-corrected chi connectivity index (χ4v) is 1.68. The van der Waals surface area contributed by atoms with Crippen molar-refractivity contribution in [3.05, 3.63) is 0 Å². The normalized spacial score (nSPS) is 24.0. The minimum atomic E-state index is -2.26. The van der Waals surface area contributed by atoms with Gasteiger partial charge in [0.2, 0.25) is 0 Å². The highest BCUT2D eigenvalue weighted by molar-refractivity contribution is 4.78. The third kappa shape index (κ3) is 5.72. The molecular weight excluding hydrogens is 214 g/mol. The molecule has 1 atom stereocenters. The zero-order valence-electron chi connectivity index (χ0n) is 10.3. The molecular formula is C11H22F2N2O. The molecule has 1 heterocycles. The zero-order chi connectivity index (χ0) is 12.2. The van der Waals surface area contributed by atoms with E-state index >= 15 is 0 Å². The Morgan fingerprint density at radius 1 is 1.44 bits per heavy atom. The molecule has 0 bridgehead atoms. The largest absolute Gasteiger partial charge is 0.374 e. The number of ether oxygens (including phenoxy) is 1. The van der Waals surface area contributed by atoms with Gasteiger partial charge < -0.3 is 10.1 Å². The van der Waals surface area contributed by atoms with E-state index in [1.807, 2.05) is 0 Å². The lowest BCUT2D eigenvalue weighted by molar-refractivity contribution is -0.0451. The van der Waals surface area contributed by atoms with Gasteiger partial charge in [-0.3, -0.25) is 4.90 Å². The van der Waals surface area contributed by atoms with Gasteiger partial charge in [-0.05, 0) is 20.8 Å². The number of nitrogens with one attached hydrogen (secondary N) is 1. The summed E-state index contributed by atoms with van der Waals surface area (Å²) < 4.78 is 30.0. The molecule has 0 aromatic carbocycles. The summed E-state index contributed by atoms with van der Waals surface area (Å²) in [6.45, 7) is 8.54. The Morgan fingerprint density at radius 3 is 2.69 bits per heavy atom. The van der Waals surface area contributed by atoms with Crippen LogP contribution in [0, 0.1) is 0 Å². The van der Waals surface area contributed by atoms with Crippen LogP contribution in [0.3, 0.4) is 0 Å². The summed E-state index contributed by atoms with van der Waals surface area (Å²) in [5, 5.41) is 3.33. The summed E-state index contributed by atoms with van der Waals surface area (Å²) in [5.41, 5.74) is 0.0361. The second-order valence-corrected chi connectivity index (χ2v) is 5.27. The lowest BCUT2D eigenvalue weighted by atomic mass is 10.1. The van der Waals surface area contributed by atoms with Crippen molar-refractivity contribution in [3.63, 3.8) is 0 Å². The zero-order valence-corrected chi connectivity index (χ0v) is 10.3. The predicted molar refractivity (Wildman–Crippen MR) is 59.9 cm³/mol. The van der Waals surface area contributed by atoms with E-state index in [-0.39, 0.29) is 18.2 Å². The van der Waals surface area contributed by atoms with E-state index in [4.69, 9.17) is 4.74 Å². The number of alkyl halides is 2.